The first kappa shape index (κ1) is 12.7. The quantitative estimate of drug-likeness (QED) is 0.676. The summed E-state index contributed by atoms with van der Waals surface area (Å²) in [4.78, 5) is 9.22. The summed E-state index contributed by atoms with van der Waals surface area (Å²) in [6.45, 7) is 1.31. The van der Waals surface area contributed by atoms with Crippen molar-refractivity contribution in [2.45, 2.75) is 6.92 Å². The number of benzene rings is 1. The Hall–Kier alpha value is -1.35. The number of rotatable bonds is 1. The molecule has 0 bridgehead atoms. The van der Waals surface area contributed by atoms with Crippen LogP contribution in [0.3, 0.4) is 0 Å². The molecular formula is C11H19N2O+. The van der Waals surface area contributed by atoms with Crippen molar-refractivity contribution < 1.29 is 4.79 Å². The van der Waals surface area contributed by atoms with Crippen LogP contribution >= 0.6 is 0 Å². The topological polar surface area (TPSA) is 43.1 Å². The van der Waals surface area contributed by atoms with Gasteiger partial charge in [-0.3, -0.25) is 9.28 Å². The van der Waals surface area contributed by atoms with Crippen LogP contribution in [0.25, 0.3) is 0 Å². The van der Waals surface area contributed by atoms with E-state index >= 15 is 0 Å². The lowest BCUT2D eigenvalue weighted by Gasteiger charge is -2.22. The summed E-state index contributed by atoms with van der Waals surface area (Å²) in [5, 5.41) is 0. The predicted octanol–water partition coefficient (Wildman–Crippen LogP) is 1.37. The van der Waals surface area contributed by atoms with Gasteiger partial charge in [-0.25, -0.2) is 0 Å². The summed E-state index contributed by atoms with van der Waals surface area (Å²) < 4.78 is 0.890. The minimum atomic E-state index is -0.333. The molecule has 14 heavy (non-hydrogen) atoms. The van der Waals surface area contributed by atoms with Crippen molar-refractivity contribution in [2.75, 3.05) is 21.1 Å². The molecule has 0 spiro atoms. The van der Waals surface area contributed by atoms with Gasteiger partial charge in [-0.05, 0) is 12.1 Å². The van der Waals surface area contributed by atoms with E-state index in [1.807, 2.05) is 6.07 Å². The first-order chi connectivity index (χ1) is 6.34. The molecule has 0 aliphatic heterocycles. The second kappa shape index (κ2) is 5.40. The normalized spacial score (nSPS) is 10.0. The Bertz CT molecular complexity index is 271. The maximum atomic E-state index is 9.22. The number of hydrogen-bond acceptors (Lipinski definition) is 1. The van der Waals surface area contributed by atoms with Crippen LogP contribution in [0.1, 0.15) is 6.92 Å². The van der Waals surface area contributed by atoms with Crippen LogP contribution in [0.5, 0.6) is 0 Å². The zero-order valence-corrected chi connectivity index (χ0v) is 9.32. The third-order valence-electron chi connectivity index (χ3n) is 1.53. The lowest BCUT2D eigenvalue weighted by atomic mass is 10.3. The van der Waals surface area contributed by atoms with E-state index in [0.717, 1.165) is 4.48 Å². The van der Waals surface area contributed by atoms with Gasteiger partial charge in [0.05, 0.1) is 21.1 Å². The third kappa shape index (κ3) is 6.20. The molecule has 0 fully saturated rings. The van der Waals surface area contributed by atoms with Gasteiger partial charge in [0, 0.05) is 6.92 Å². The Labute approximate surface area is 85.7 Å². The molecule has 3 heteroatoms. The van der Waals surface area contributed by atoms with E-state index in [1.165, 1.54) is 12.6 Å². The highest BCUT2D eigenvalue weighted by atomic mass is 16.1. The van der Waals surface area contributed by atoms with Crippen LogP contribution in [0.4, 0.5) is 5.69 Å². The fraction of sp³-hybridized carbons (Fsp3) is 0.364. The second-order valence-electron chi connectivity index (χ2n) is 3.96. The number of para-hydroxylation sites is 1. The molecule has 0 saturated heterocycles. The van der Waals surface area contributed by atoms with E-state index in [0.29, 0.717) is 0 Å². The van der Waals surface area contributed by atoms with Crippen molar-refractivity contribution in [3.05, 3.63) is 30.3 Å². The Kier molecular flexibility index (Phi) is 4.87. The van der Waals surface area contributed by atoms with Gasteiger partial charge >= 0.3 is 0 Å². The number of quaternary nitrogens is 1. The summed E-state index contributed by atoms with van der Waals surface area (Å²) in [5.41, 5.74) is 5.81. The molecule has 1 rings (SSSR count). The molecule has 1 aromatic rings. The summed E-state index contributed by atoms with van der Waals surface area (Å²) in [6.07, 6.45) is 0. The van der Waals surface area contributed by atoms with Gasteiger partial charge in [0.25, 0.3) is 0 Å². The molecular weight excluding hydrogens is 176 g/mol. The molecule has 0 atom stereocenters. The van der Waals surface area contributed by atoms with E-state index in [9.17, 15) is 4.79 Å². The minimum Gasteiger partial charge on any atom is -0.370 e. The Balaban J connectivity index is 0.000000364. The molecule has 0 radical (unpaired) electrons. The van der Waals surface area contributed by atoms with E-state index in [1.54, 1.807) is 0 Å². The first-order valence-corrected chi connectivity index (χ1v) is 4.47. The maximum absolute atomic E-state index is 9.22. The van der Waals surface area contributed by atoms with Crippen LogP contribution < -0.4 is 10.2 Å². The van der Waals surface area contributed by atoms with Crippen molar-refractivity contribution in [1.29, 1.82) is 0 Å². The van der Waals surface area contributed by atoms with Gasteiger partial charge in [0.2, 0.25) is 5.91 Å². The molecule has 0 heterocycles. The average molecular weight is 195 g/mol. The van der Waals surface area contributed by atoms with E-state index in [-0.39, 0.29) is 5.91 Å². The van der Waals surface area contributed by atoms with Crippen LogP contribution in [0, 0.1) is 0 Å². The SMILES string of the molecule is CC(N)=O.C[N+](C)(C)c1ccccc1. The molecule has 78 valence electrons. The number of amides is 1. The van der Waals surface area contributed by atoms with Gasteiger partial charge in [-0.15, -0.1) is 0 Å². The lowest BCUT2D eigenvalue weighted by Crippen LogP contribution is -2.34. The van der Waals surface area contributed by atoms with Gasteiger partial charge in [-0.1, -0.05) is 18.2 Å². The van der Waals surface area contributed by atoms with E-state index < -0.39 is 0 Å². The highest BCUT2D eigenvalue weighted by molar-refractivity contribution is 5.70. The largest absolute Gasteiger partial charge is 0.370 e. The summed E-state index contributed by atoms with van der Waals surface area (Å²) in [6, 6.07) is 10.5. The number of primary amides is 1. The zero-order chi connectivity index (χ0) is 11.2. The second-order valence-corrected chi connectivity index (χ2v) is 3.96. The smallest absolute Gasteiger partial charge is 0.214 e. The van der Waals surface area contributed by atoms with Crippen molar-refractivity contribution in [1.82, 2.24) is 4.48 Å². The number of hydrogen-bond donors (Lipinski definition) is 1. The summed E-state index contributed by atoms with van der Waals surface area (Å²) >= 11 is 0. The van der Waals surface area contributed by atoms with Crippen molar-refractivity contribution in [3.63, 3.8) is 0 Å². The van der Waals surface area contributed by atoms with Crippen molar-refractivity contribution >= 4 is 11.6 Å². The number of carbonyl (C=O) groups is 1. The van der Waals surface area contributed by atoms with E-state index in [2.05, 4.69) is 51.1 Å². The number of nitrogens with zero attached hydrogens (tertiary/aromatic N) is 1. The molecule has 1 amide bonds. The Morgan fingerprint density at radius 1 is 1.14 bits per heavy atom. The minimum absolute atomic E-state index is 0.333. The fourth-order valence-electron chi connectivity index (χ4n) is 0.875. The third-order valence-corrected chi connectivity index (χ3v) is 1.53. The first-order valence-electron chi connectivity index (χ1n) is 4.47. The zero-order valence-electron chi connectivity index (χ0n) is 9.32. The molecule has 2 N–H and O–H groups in total. The highest BCUT2D eigenvalue weighted by Crippen LogP contribution is 2.14. The predicted molar refractivity (Wildman–Crippen MR) is 60.9 cm³/mol. The summed E-state index contributed by atoms with van der Waals surface area (Å²) in [5.74, 6) is -0.333. The van der Waals surface area contributed by atoms with Gasteiger partial charge in [0.1, 0.15) is 5.69 Å². The Morgan fingerprint density at radius 2 is 1.50 bits per heavy atom. The molecule has 0 aromatic heterocycles. The average Bonchev–Trinajstić information content (AvgIpc) is 2.03. The molecule has 0 aliphatic carbocycles. The van der Waals surface area contributed by atoms with Crippen LogP contribution in [0.2, 0.25) is 0 Å². The molecule has 0 unspecified atom stereocenters. The van der Waals surface area contributed by atoms with Crippen LogP contribution in [-0.4, -0.2) is 27.1 Å². The van der Waals surface area contributed by atoms with Crippen LogP contribution in [-0.2, 0) is 4.79 Å². The Morgan fingerprint density at radius 3 is 1.71 bits per heavy atom. The standard InChI is InChI=1S/C9H14N.C2H5NO/c1-10(2,3)9-7-5-4-6-8-9;1-2(3)4/h4-8H,1-3H3;1H3,(H2,3,4)/q+1;. The lowest BCUT2D eigenvalue weighted by molar-refractivity contribution is -0.115. The number of nitrogens with two attached hydrogens (primary N) is 1. The van der Waals surface area contributed by atoms with Gasteiger partial charge in [0.15, 0.2) is 0 Å². The van der Waals surface area contributed by atoms with Crippen molar-refractivity contribution in [3.8, 4) is 0 Å². The maximum Gasteiger partial charge on any atom is 0.214 e. The number of carbonyl (C=O) groups excluding carboxylic acids is 1. The molecule has 0 aliphatic rings. The summed E-state index contributed by atoms with van der Waals surface area (Å²) in [7, 11) is 6.49. The molecule has 0 saturated carbocycles. The fourth-order valence-corrected chi connectivity index (χ4v) is 0.875. The van der Waals surface area contributed by atoms with Crippen molar-refractivity contribution in [2.24, 2.45) is 5.73 Å². The van der Waals surface area contributed by atoms with Gasteiger partial charge in [-0.2, -0.15) is 0 Å². The van der Waals surface area contributed by atoms with Gasteiger partial charge < -0.3 is 5.73 Å². The molecule has 1 aromatic carbocycles. The highest BCUT2D eigenvalue weighted by Gasteiger charge is 2.08. The van der Waals surface area contributed by atoms with E-state index in [4.69, 9.17) is 0 Å². The monoisotopic (exact) mass is 195 g/mol. The van der Waals surface area contributed by atoms with Crippen LogP contribution in [0.15, 0.2) is 30.3 Å². The molecule has 3 nitrogen and oxygen atoms in total.